The third-order valence-electron chi connectivity index (χ3n) is 4.48. The molecule has 3 atom stereocenters. The van der Waals surface area contributed by atoms with Crippen LogP contribution in [-0.2, 0) is 0 Å². The van der Waals surface area contributed by atoms with Crippen LogP contribution in [0.15, 0.2) is 0 Å². The minimum atomic E-state index is 0.451. The molecule has 0 radical (unpaired) electrons. The van der Waals surface area contributed by atoms with Gasteiger partial charge >= 0.3 is 0 Å². The van der Waals surface area contributed by atoms with Crippen LogP contribution in [0.3, 0.4) is 0 Å². The molecule has 0 bridgehead atoms. The zero-order valence-electron chi connectivity index (χ0n) is 11.3. The highest BCUT2D eigenvalue weighted by Gasteiger charge is 2.37. The predicted octanol–water partition coefficient (Wildman–Crippen LogP) is 2.64. The molecular weight excluding hydrogens is 196 g/mol. The molecule has 2 rings (SSSR count). The van der Waals surface area contributed by atoms with Crippen molar-refractivity contribution in [1.29, 1.82) is 0 Å². The lowest BCUT2D eigenvalue weighted by atomic mass is 9.91. The Kier molecular flexibility index (Phi) is 3.91. The van der Waals surface area contributed by atoms with Gasteiger partial charge in [-0.3, -0.25) is 4.90 Å². The zero-order valence-corrected chi connectivity index (χ0v) is 11.3. The van der Waals surface area contributed by atoms with Gasteiger partial charge in [0, 0.05) is 24.7 Å². The van der Waals surface area contributed by atoms with Crippen molar-refractivity contribution in [3.8, 4) is 0 Å². The second kappa shape index (κ2) is 5.05. The van der Waals surface area contributed by atoms with Crippen LogP contribution in [0, 0.1) is 5.92 Å². The SMILES string of the molecule is CCCC1(CN2CC(C)CC2C)CCCN1. The highest BCUT2D eigenvalue weighted by atomic mass is 15.2. The second-order valence-corrected chi connectivity index (χ2v) is 6.18. The van der Waals surface area contributed by atoms with E-state index in [1.54, 1.807) is 0 Å². The fourth-order valence-electron chi connectivity index (χ4n) is 3.77. The van der Waals surface area contributed by atoms with Gasteiger partial charge in [0.2, 0.25) is 0 Å². The van der Waals surface area contributed by atoms with Crippen molar-refractivity contribution >= 4 is 0 Å². The number of rotatable bonds is 4. The average Bonchev–Trinajstić information content (AvgIpc) is 2.77. The molecule has 0 aromatic heterocycles. The van der Waals surface area contributed by atoms with Crippen LogP contribution >= 0.6 is 0 Å². The molecule has 16 heavy (non-hydrogen) atoms. The van der Waals surface area contributed by atoms with E-state index in [0.717, 1.165) is 12.0 Å². The quantitative estimate of drug-likeness (QED) is 0.790. The summed E-state index contributed by atoms with van der Waals surface area (Å²) >= 11 is 0. The van der Waals surface area contributed by atoms with Crippen LogP contribution < -0.4 is 5.32 Å². The van der Waals surface area contributed by atoms with Crippen molar-refractivity contribution in [2.45, 2.75) is 64.5 Å². The lowest BCUT2D eigenvalue weighted by Crippen LogP contribution is -2.50. The van der Waals surface area contributed by atoms with Crippen molar-refractivity contribution in [3.63, 3.8) is 0 Å². The number of hydrogen-bond donors (Lipinski definition) is 1. The van der Waals surface area contributed by atoms with Gasteiger partial charge in [-0.1, -0.05) is 20.3 Å². The Labute approximate surface area is 101 Å². The normalized spacial score (nSPS) is 40.7. The van der Waals surface area contributed by atoms with E-state index in [1.807, 2.05) is 0 Å². The molecule has 0 amide bonds. The Balaban J connectivity index is 1.95. The van der Waals surface area contributed by atoms with E-state index in [9.17, 15) is 0 Å². The van der Waals surface area contributed by atoms with Gasteiger partial charge in [0.05, 0.1) is 0 Å². The van der Waals surface area contributed by atoms with E-state index in [1.165, 1.54) is 51.7 Å². The average molecular weight is 224 g/mol. The summed E-state index contributed by atoms with van der Waals surface area (Å²) < 4.78 is 0. The molecule has 0 aromatic carbocycles. The van der Waals surface area contributed by atoms with Crippen molar-refractivity contribution in [1.82, 2.24) is 10.2 Å². The van der Waals surface area contributed by atoms with Crippen molar-refractivity contribution in [2.75, 3.05) is 19.6 Å². The number of nitrogens with one attached hydrogen (secondary N) is 1. The first kappa shape index (κ1) is 12.4. The summed E-state index contributed by atoms with van der Waals surface area (Å²) in [5.74, 6) is 0.898. The largest absolute Gasteiger partial charge is 0.310 e. The monoisotopic (exact) mass is 224 g/mol. The second-order valence-electron chi connectivity index (χ2n) is 6.18. The van der Waals surface area contributed by atoms with E-state index in [-0.39, 0.29) is 0 Å². The number of likely N-dealkylation sites (tertiary alicyclic amines) is 1. The van der Waals surface area contributed by atoms with Crippen LogP contribution in [0.1, 0.15) is 52.9 Å². The standard InChI is InChI=1S/C14H28N2/c1-4-6-14(7-5-8-15-14)11-16-10-12(2)9-13(16)3/h12-13,15H,4-11H2,1-3H3. The van der Waals surface area contributed by atoms with Gasteiger partial charge in [0.25, 0.3) is 0 Å². The smallest absolute Gasteiger partial charge is 0.0309 e. The third kappa shape index (κ3) is 2.60. The fourth-order valence-corrected chi connectivity index (χ4v) is 3.77. The minimum absolute atomic E-state index is 0.451. The summed E-state index contributed by atoms with van der Waals surface area (Å²) in [6.07, 6.45) is 6.81. The summed E-state index contributed by atoms with van der Waals surface area (Å²) in [5, 5.41) is 3.79. The molecule has 0 aromatic rings. The molecule has 3 unspecified atom stereocenters. The molecule has 2 heterocycles. The molecular formula is C14H28N2. The Morgan fingerprint density at radius 2 is 2.19 bits per heavy atom. The third-order valence-corrected chi connectivity index (χ3v) is 4.48. The molecule has 1 N–H and O–H groups in total. The fraction of sp³-hybridized carbons (Fsp3) is 1.00. The predicted molar refractivity (Wildman–Crippen MR) is 69.7 cm³/mol. The van der Waals surface area contributed by atoms with E-state index in [4.69, 9.17) is 0 Å². The molecule has 2 aliphatic rings. The van der Waals surface area contributed by atoms with Gasteiger partial charge in [-0.15, -0.1) is 0 Å². The summed E-state index contributed by atoms with van der Waals surface area (Å²) in [6.45, 7) is 10.9. The maximum atomic E-state index is 3.79. The topological polar surface area (TPSA) is 15.3 Å². The van der Waals surface area contributed by atoms with Gasteiger partial charge in [0.15, 0.2) is 0 Å². The van der Waals surface area contributed by atoms with Gasteiger partial charge in [-0.2, -0.15) is 0 Å². The van der Waals surface area contributed by atoms with Crippen LogP contribution in [0.25, 0.3) is 0 Å². The number of hydrogen-bond acceptors (Lipinski definition) is 2. The highest BCUT2D eigenvalue weighted by Crippen LogP contribution is 2.30. The molecule has 94 valence electrons. The van der Waals surface area contributed by atoms with E-state index < -0.39 is 0 Å². The van der Waals surface area contributed by atoms with Crippen molar-refractivity contribution in [3.05, 3.63) is 0 Å². The van der Waals surface area contributed by atoms with Crippen molar-refractivity contribution < 1.29 is 0 Å². The summed E-state index contributed by atoms with van der Waals surface area (Å²) in [4.78, 5) is 2.72. The maximum absolute atomic E-state index is 3.79. The Bertz CT molecular complexity index is 221. The zero-order chi connectivity index (χ0) is 11.6. The summed E-state index contributed by atoms with van der Waals surface area (Å²) in [5.41, 5.74) is 0.451. The van der Waals surface area contributed by atoms with E-state index in [0.29, 0.717) is 5.54 Å². The number of nitrogens with zero attached hydrogens (tertiary/aromatic N) is 1. The summed E-state index contributed by atoms with van der Waals surface area (Å²) in [7, 11) is 0. The summed E-state index contributed by atoms with van der Waals surface area (Å²) in [6, 6.07) is 0.797. The molecule has 2 fully saturated rings. The lowest BCUT2D eigenvalue weighted by Gasteiger charge is -2.36. The van der Waals surface area contributed by atoms with Gasteiger partial charge in [-0.25, -0.2) is 0 Å². The molecule has 2 heteroatoms. The minimum Gasteiger partial charge on any atom is -0.310 e. The van der Waals surface area contributed by atoms with Crippen molar-refractivity contribution in [2.24, 2.45) is 5.92 Å². The highest BCUT2D eigenvalue weighted by molar-refractivity contribution is 4.97. The molecule has 0 aliphatic carbocycles. The van der Waals surface area contributed by atoms with Crippen LogP contribution in [0.5, 0.6) is 0 Å². The van der Waals surface area contributed by atoms with Crippen LogP contribution in [0.4, 0.5) is 0 Å². The molecule has 2 aliphatic heterocycles. The Morgan fingerprint density at radius 3 is 2.69 bits per heavy atom. The Morgan fingerprint density at radius 1 is 1.38 bits per heavy atom. The van der Waals surface area contributed by atoms with E-state index >= 15 is 0 Å². The first-order chi connectivity index (χ1) is 7.65. The maximum Gasteiger partial charge on any atom is 0.0309 e. The molecule has 0 saturated carbocycles. The lowest BCUT2D eigenvalue weighted by molar-refractivity contribution is 0.176. The first-order valence-corrected chi connectivity index (χ1v) is 7.14. The van der Waals surface area contributed by atoms with Gasteiger partial charge < -0.3 is 5.32 Å². The van der Waals surface area contributed by atoms with Gasteiger partial charge in [-0.05, 0) is 45.1 Å². The van der Waals surface area contributed by atoms with E-state index in [2.05, 4.69) is 31.0 Å². The Hall–Kier alpha value is -0.0800. The molecule has 0 spiro atoms. The first-order valence-electron chi connectivity index (χ1n) is 7.14. The van der Waals surface area contributed by atoms with Gasteiger partial charge in [0.1, 0.15) is 0 Å². The van der Waals surface area contributed by atoms with Crippen LogP contribution in [0.2, 0.25) is 0 Å². The molecule has 2 nitrogen and oxygen atoms in total. The van der Waals surface area contributed by atoms with Crippen LogP contribution in [-0.4, -0.2) is 36.1 Å². The molecule has 2 saturated heterocycles.